The molecule has 3 N–H and O–H groups in total. The normalized spacial score (nSPS) is 17.9. The van der Waals surface area contributed by atoms with E-state index in [1.54, 1.807) is 0 Å². The minimum Gasteiger partial charge on any atom is -0.394 e. The van der Waals surface area contributed by atoms with E-state index in [4.69, 9.17) is 0 Å². The number of amides is 1. The summed E-state index contributed by atoms with van der Waals surface area (Å²) in [5.74, 6) is 0.0882. The summed E-state index contributed by atoms with van der Waals surface area (Å²) in [6.07, 6.45) is 6.29. The number of nitrogens with one attached hydrogen (secondary N) is 2. The largest absolute Gasteiger partial charge is 0.394 e. The van der Waals surface area contributed by atoms with Gasteiger partial charge in [-0.1, -0.05) is 26.7 Å². The van der Waals surface area contributed by atoms with Crippen LogP contribution in [0.3, 0.4) is 0 Å². The van der Waals surface area contributed by atoms with Crippen LogP contribution >= 0.6 is 0 Å². The number of aliphatic hydroxyl groups is 1. The second-order valence-corrected chi connectivity index (χ2v) is 5.74. The molecule has 0 aromatic carbocycles. The van der Waals surface area contributed by atoms with Crippen molar-refractivity contribution in [3.05, 3.63) is 17.0 Å². The first-order valence-electron chi connectivity index (χ1n) is 7.65. The van der Waals surface area contributed by atoms with Crippen LogP contribution in [-0.2, 0) is 12.8 Å². The lowest BCUT2D eigenvalue weighted by molar-refractivity contribution is 0.0885. The third-order valence-corrected chi connectivity index (χ3v) is 4.37. The molecule has 1 aliphatic carbocycles. The van der Waals surface area contributed by atoms with Gasteiger partial charge in [0.1, 0.15) is 0 Å². The number of hydrogen-bond donors (Lipinski definition) is 3. The number of nitrogens with zero attached hydrogens (tertiary/aromatic N) is 1. The van der Waals surface area contributed by atoms with Crippen LogP contribution < -0.4 is 5.32 Å². The number of carbonyl (C=O) groups excluding carboxylic acids is 1. The van der Waals surface area contributed by atoms with E-state index in [-0.39, 0.29) is 24.5 Å². The zero-order chi connectivity index (χ0) is 14.5. The Labute approximate surface area is 120 Å². The van der Waals surface area contributed by atoms with E-state index < -0.39 is 0 Å². The average Bonchev–Trinajstić information content (AvgIpc) is 2.72. The Hall–Kier alpha value is -1.36. The van der Waals surface area contributed by atoms with Crippen LogP contribution in [0.5, 0.6) is 0 Å². The van der Waals surface area contributed by atoms with Crippen LogP contribution in [0.25, 0.3) is 0 Å². The van der Waals surface area contributed by atoms with E-state index in [9.17, 15) is 9.90 Å². The number of aromatic amines is 1. The molecule has 5 heteroatoms. The van der Waals surface area contributed by atoms with Gasteiger partial charge in [-0.15, -0.1) is 0 Å². The number of aryl methyl sites for hydroxylation is 1. The minimum atomic E-state index is -0.203. The maximum absolute atomic E-state index is 12.4. The molecule has 5 nitrogen and oxygen atoms in total. The second-order valence-electron chi connectivity index (χ2n) is 5.74. The minimum absolute atomic E-state index is 0.0344. The molecule has 0 saturated carbocycles. The van der Waals surface area contributed by atoms with Gasteiger partial charge in [-0.25, -0.2) is 0 Å². The van der Waals surface area contributed by atoms with E-state index in [0.717, 1.165) is 43.4 Å². The fourth-order valence-electron chi connectivity index (χ4n) is 2.73. The summed E-state index contributed by atoms with van der Waals surface area (Å²) in [7, 11) is 0. The molecular formula is C15H25N3O2. The zero-order valence-corrected chi connectivity index (χ0v) is 12.4. The number of aliphatic hydroxyl groups excluding tert-OH is 1. The zero-order valence-electron chi connectivity index (χ0n) is 12.4. The van der Waals surface area contributed by atoms with Crippen LogP contribution in [0.2, 0.25) is 0 Å². The Balaban J connectivity index is 2.11. The molecule has 0 bridgehead atoms. The van der Waals surface area contributed by atoms with E-state index >= 15 is 0 Å². The van der Waals surface area contributed by atoms with Crippen molar-refractivity contribution in [1.82, 2.24) is 15.5 Å². The van der Waals surface area contributed by atoms with Crippen LogP contribution in [0.4, 0.5) is 0 Å². The summed E-state index contributed by atoms with van der Waals surface area (Å²) >= 11 is 0. The van der Waals surface area contributed by atoms with Gasteiger partial charge in [-0.2, -0.15) is 5.10 Å². The number of aromatic nitrogens is 2. The van der Waals surface area contributed by atoms with Crippen molar-refractivity contribution in [2.45, 2.75) is 58.4 Å². The molecule has 1 aliphatic rings. The monoisotopic (exact) mass is 279 g/mol. The number of fused-ring (bicyclic) bond motifs is 1. The molecule has 0 saturated heterocycles. The van der Waals surface area contributed by atoms with Crippen molar-refractivity contribution >= 4 is 5.91 Å². The molecule has 1 amide bonds. The molecule has 2 atom stereocenters. The summed E-state index contributed by atoms with van der Waals surface area (Å²) in [5.41, 5.74) is 2.70. The highest BCUT2D eigenvalue weighted by molar-refractivity contribution is 5.94. The summed E-state index contributed by atoms with van der Waals surface area (Å²) < 4.78 is 0. The van der Waals surface area contributed by atoms with Crippen LogP contribution in [0.15, 0.2) is 0 Å². The molecular weight excluding hydrogens is 254 g/mol. The molecule has 0 spiro atoms. The van der Waals surface area contributed by atoms with Crippen LogP contribution in [0.1, 0.15) is 61.3 Å². The lowest BCUT2D eigenvalue weighted by atomic mass is 9.99. The van der Waals surface area contributed by atoms with Crippen molar-refractivity contribution in [1.29, 1.82) is 0 Å². The smallest absolute Gasteiger partial charge is 0.272 e. The topological polar surface area (TPSA) is 78.0 Å². The van der Waals surface area contributed by atoms with E-state index in [2.05, 4.69) is 22.4 Å². The van der Waals surface area contributed by atoms with Gasteiger partial charge in [-0.3, -0.25) is 9.89 Å². The molecule has 1 aromatic heterocycles. The highest BCUT2D eigenvalue weighted by Gasteiger charge is 2.24. The van der Waals surface area contributed by atoms with Gasteiger partial charge in [0.2, 0.25) is 0 Å². The van der Waals surface area contributed by atoms with Gasteiger partial charge >= 0.3 is 0 Å². The number of carbonyl (C=O) groups is 1. The molecule has 20 heavy (non-hydrogen) atoms. The Kier molecular flexibility index (Phi) is 5.17. The molecule has 0 radical (unpaired) electrons. The molecule has 0 fully saturated rings. The van der Waals surface area contributed by atoms with Crippen molar-refractivity contribution in [3.63, 3.8) is 0 Å². The molecule has 2 rings (SSSR count). The average molecular weight is 279 g/mol. The lowest BCUT2D eigenvalue weighted by Crippen LogP contribution is -2.42. The van der Waals surface area contributed by atoms with Crippen molar-refractivity contribution in [2.24, 2.45) is 5.92 Å². The van der Waals surface area contributed by atoms with E-state index in [1.165, 1.54) is 6.42 Å². The van der Waals surface area contributed by atoms with E-state index in [1.807, 2.05) is 6.92 Å². The molecule has 1 heterocycles. The Bertz CT molecular complexity index is 456. The lowest BCUT2D eigenvalue weighted by Gasteiger charge is -2.21. The number of hydrogen-bond acceptors (Lipinski definition) is 3. The summed E-state index contributed by atoms with van der Waals surface area (Å²) in [6.45, 7) is 4.06. The summed E-state index contributed by atoms with van der Waals surface area (Å²) in [6, 6.07) is -0.203. The third kappa shape index (κ3) is 3.20. The second kappa shape index (κ2) is 6.88. The maximum Gasteiger partial charge on any atom is 0.272 e. The Morgan fingerprint density at radius 2 is 2.15 bits per heavy atom. The Morgan fingerprint density at radius 1 is 1.40 bits per heavy atom. The molecule has 0 aliphatic heterocycles. The van der Waals surface area contributed by atoms with Crippen molar-refractivity contribution in [3.8, 4) is 0 Å². The van der Waals surface area contributed by atoms with Crippen LogP contribution in [0, 0.1) is 5.92 Å². The maximum atomic E-state index is 12.4. The fraction of sp³-hybridized carbons (Fsp3) is 0.733. The summed E-state index contributed by atoms with van der Waals surface area (Å²) in [4.78, 5) is 12.4. The number of H-pyrrole nitrogens is 1. The van der Waals surface area contributed by atoms with Crippen molar-refractivity contribution in [2.75, 3.05) is 6.61 Å². The summed E-state index contributed by atoms with van der Waals surface area (Å²) in [5, 5.41) is 19.5. The fourth-order valence-corrected chi connectivity index (χ4v) is 2.73. The predicted molar refractivity (Wildman–Crippen MR) is 77.6 cm³/mol. The first-order valence-corrected chi connectivity index (χ1v) is 7.65. The highest BCUT2D eigenvalue weighted by atomic mass is 16.3. The molecule has 0 unspecified atom stereocenters. The quantitative estimate of drug-likeness (QED) is 0.719. The number of rotatable bonds is 5. The highest BCUT2D eigenvalue weighted by Crippen LogP contribution is 2.21. The third-order valence-electron chi connectivity index (χ3n) is 4.37. The first-order chi connectivity index (χ1) is 9.67. The molecule has 112 valence electrons. The SMILES string of the molecule is CC[C@H](C)[C@@H](CO)NC(=O)c1n[nH]c2c1CCCCC2. The van der Waals surface area contributed by atoms with Gasteiger partial charge in [0, 0.05) is 11.3 Å². The van der Waals surface area contributed by atoms with Crippen LogP contribution in [-0.4, -0.2) is 33.9 Å². The van der Waals surface area contributed by atoms with Gasteiger partial charge in [0.25, 0.3) is 5.91 Å². The van der Waals surface area contributed by atoms with Crippen molar-refractivity contribution < 1.29 is 9.90 Å². The van der Waals surface area contributed by atoms with Gasteiger partial charge in [0.15, 0.2) is 5.69 Å². The first kappa shape index (κ1) is 15.0. The Morgan fingerprint density at radius 3 is 2.85 bits per heavy atom. The van der Waals surface area contributed by atoms with Gasteiger partial charge in [0.05, 0.1) is 12.6 Å². The standard InChI is InChI=1S/C15H25N3O2/c1-3-10(2)13(9-19)16-15(20)14-11-7-5-4-6-8-12(11)17-18-14/h10,13,19H,3-9H2,1-2H3,(H,16,20)(H,17,18)/t10-,13+/m0/s1. The predicted octanol–water partition coefficient (Wildman–Crippen LogP) is 1.82. The molecule has 1 aromatic rings. The van der Waals surface area contributed by atoms with E-state index in [0.29, 0.717) is 5.69 Å². The van der Waals surface area contributed by atoms with Gasteiger partial charge < -0.3 is 10.4 Å². The van der Waals surface area contributed by atoms with Gasteiger partial charge in [-0.05, 0) is 31.6 Å².